The molecule has 1 unspecified atom stereocenters. The Labute approximate surface area is 122 Å². The minimum Gasteiger partial charge on any atom is -0.427 e. The topological polar surface area (TPSA) is 51.3 Å². The van der Waals surface area contributed by atoms with E-state index in [0.29, 0.717) is 18.1 Å². The molecule has 1 aromatic carbocycles. The number of halogens is 1. The minimum atomic E-state index is -1.03. The minimum absolute atomic E-state index is 0.357. The summed E-state index contributed by atoms with van der Waals surface area (Å²) in [6.45, 7) is 3.84. The van der Waals surface area contributed by atoms with Gasteiger partial charge in [0.2, 0.25) is 0 Å². The van der Waals surface area contributed by atoms with Gasteiger partial charge in [0.25, 0.3) is 5.79 Å². The highest BCUT2D eigenvalue weighted by molar-refractivity contribution is 6.35. The van der Waals surface area contributed by atoms with Crippen LogP contribution in [0.4, 0.5) is 0 Å². The Balaban J connectivity index is 2.25. The van der Waals surface area contributed by atoms with Crippen LogP contribution in [-0.4, -0.2) is 17.6 Å². The van der Waals surface area contributed by atoms with Crippen LogP contribution in [0.15, 0.2) is 18.2 Å². The van der Waals surface area contributed by atoms with Gasteiger partial charge >= 0.3 is 5.97 Å². The summed E-state index contributed by atoms with van der Waals surface area (Å²) >= 11 is 6.31. The average Bonchev–Trinajstić information content (AvgIpc) is 2.79. The molecule has 4 nitrogen and oxygen atoms in total. The second-order valence-corrected chi connectivity index (χ2v) is 5.35. The first-order valence-corrected chi connectivity index (χ1v) is 7.08. The van der Waals surface area contributed by atoms with E-state index in [-0.39, 0.29) is 5.97 Å². The molecule has 0 spiro atoms. The van der Waals surface area contributed by atoms with E-state index in [1.807, 2.05) is 25.1 Å². The van der Waals surface area contributed by atoms with E-state index in [0.717, 1.165) is 28.6 Å². The molecule has 1 aromatic heterocycles. The zero-order valence-corrected chi connectivity index (χ0v) is 12.2. The molecule has 0 amide bonds. The summed E-state index contributed by atoms with van der Waals surface area (Å²) in [7, 11) is 0. The van der Waals surface area contributed by atoms with E-state index < -0.39 is 5.79 Å². The quantitative estimate of drug-likeness (QED) is 0.862. The molecule has 1 atom stereocenters. The van der Waals surface area contributed by atoms with Gasteiger partial charge in [-0.25, -0.2) is 0 Å². The van der Waals surface area contributed by atoms with Crippen LogP contribution < -0.4 is 0 Å². The molecule has 0 saturated carbocycles. The number of aromatic nitrogens is 1. The third-order valence-electron chi connectivity index (χ3n) is 3.72. The zero-order chi connectivity index (χ0) is 14.3. The maximum absolute atomic E-state index is 11.4. The van der Waals surface area contributed by atoms with Gasteiger partial charge in [-0.15, -0.1) is 0 Å². The van der Waals surface area contributed by atoms with Crippen LogP contribution >= 0.6 is 11.6 Å². The second-order valence-electron chi connectivity index (χ2n) is 4.94. The molecule has 2 aromatic rings. The van der Waals surface area contributed by atoms with Crippen LogP contribution in [0.25, 0.3) is 10.9 Å². The van der Waals surface area contributed by atoms with E-state index >= 15 is 0 Å². The molecule has 2 heterocycles. The number of carbonyl (C=O) groups excluding carboxylic acids is 1. The molecule has 106 valence electrons. The molecule has 1 aliphatic rings. The van der Waals surface area contributed by atoms with Crippen LogP contribution in [-0.2, 0) is 26.5 Å². The first kappa shape index (κ1) is 13.5. The first-order chi connectivity index (χ1) is 9.57. The number of H-pyrrole nitrogens is 1. The van der Waals surface area contributed by atoms with Crippen molar-refractivity contribution >= 4 is 28.5 Å². The number of carbonyl (C=O) groups is 1. The summed E-state index contributed by atoms with van der Waals surface area (Å²) in [5.74, 6) is -1.38. The number of hydrogen-bond donors (Lipinski definition) is 1. The summed E-state index contributed by atoms with van der Waals surface area (Å²) in [5, 5.41) is 1.70. The first-order valence-electron chi connectivity index (χ1n) is 6.70. The van der Waals surface area contributed by atoms with E-state index in [1.165, 1.54) is 6.92 Å². The standard InChI is InChI=1S/C15H16ClNO3/c1-3-15(20-9(2)18)14-10(7-8-19-15)13-11(16)5-4-6-12(13)17-14/h4-6,17H,3,7-8H2,1-2H3. The van der Waals surface area contributed by atoms with Crippen molar-refractivity contribution in [3.05, 3.63) is 34.5 Å². The third-order valence-corrected chi connectivity index (χ3v) is 4.03. The van der Waals surface area contributed by atoms with Crippen LogP contribution in [0, 0.1) is 0 Å². The lowest BCUT2D eigenvalue weighted by Crippen LogP contribution is -2.39. The van der Waals surface area contributed by atoms with Crippen molar-refractivity contribution in [2.45, 2.75) is 32.5 Å². The predicted octanol–water partition coefficient (Wildman–Crippen LogP) is 3.52. The van der Waals surface area contributed by atoms with E-state index in [9.17, 15) is 4.79 Å². The van der Waals surface area contributed by atoms with Crippen molar-refractivity contribution in [3.63, 3.8) is 0 Å². The molecule has 0 saturated heterocycles. The zero-order valence-electron chi connectivity index (χ0n) is 11.5. The van der Waals surface area contributed by atoms with Crippen LogP contribution in [0.5, 0.6) is 0 Å². The van der Waals surface area contributed by atoms with Crippen molar-refractivity contribution in [2.24, 2.45) is 0 Å². The largest absolute Gasteiger partial charge is 0.427 e. The van der Waals surface area contributed by atoms with Gasteiger partial charge in [0.1, 0.15) is 0 Å². The van der Waals surface area contributed by atoms with Gasteiger partial charge < -0.3 is 14.5 Å². The van der Waals surface area contributed by atoms with Gasteiger partial charge in [-0.3, -0.25) is 4.79 Å². The Hall–Kier alpha value is -1.52. The van der Waals surface area contributed by atoms with E-state index in [2.05, 4.69) is 4.98 Å². The fraction of sp³-hybridized carbons (Fsp3) is 0.400. The highest BCUT2D eigenvalue weighted by Gasteiger charge is 2.42. The number of ether oxygens (including phenoxy) is 2. The number of fused-ring (bicyclic) bond motifs is 3. The molecule has 0 aliphatic carbocycles. The molecule has 0 bridgehead atoms. The summed E-state index contributed by atoms with van der Waals surface area (Å²) < 4.78 is 11.3. The Morgan fingerprint density at radius 1 is 1.55 bits per heavy atom. The Morgan fingerprint density at radius 3 is 3.05 bits per heavy atom. The molecular formula is C15H16ClNO3. The SMILES string of the molecule is CCC1(OC(C)=O)OCCc2c1[nH]c1cccc(Cl)c21. The summed E-state index contributed by atoms with van der Waals surface area (Å²) in [5.41, 5.74) is 2.84. The number of nitrogens with one attached hydrogen (secondary N) is 1. The molecule has 3 rings (SSSR count). The molecule has 1 N–H and O–H groups in total. The van der Waals surface area contributed by atoms with Crippen molar-refractivity contribution in [1.29, 1.82) is 0 Å². The van der Waals surface area contributed by atoms with E-state index in [4.69, 9.17) is 21.1 Å². The van der Waals surface area contributed by atoms with Crippen LogP contribution in [0.2, 0.25) is 5.02 Å². The Bertz CT molecular complexity index is 679. The molecule has 1 aliphatic heterocycles. The highest BCUT2D eigenvalue weighted by atomic mass is 35.5. The molecule has 0 radical (unpaired) electrons. The van der Waals surface area contributed by atoms with Gasteiger partial charge in [0.15, 0.2) is 0 Å². The number of esters is 1. The third kappa shape index (κ3) is 1.91. The lowest BCUT2D eigenvalue weighted by atomic mass is 9.98. The summed E-state index contributed by atoms with van der Waals surface area (Å²) in [6, 6.07) is 5.73. The molecular weight excluding hydrogens is 278 g/mol. The lowest BCUT2D eigenvalue weighted by Gasteiger charge is -2.35. The fourth-order valence-corrected chi connectivity index (χ4v) is 3.19. The number of hydrogen-bond acceptors (Lipinski definition) is 3. The number of rotatable bonds is 2. The van der Waals surface area contributed by atoms with Gasteiger partial charge in [0, 0.05) is 24.2 Å². The predicted molar refractivity (Wildman–Crippen MR) is 76.7 cm³/mol. The van der Waals surface area contributed by atoms with Gasteiger partial charge in [-0.2, -0.15) is 0 Å². The van der Waals surface area contributed by atoms with E-state index in [1.54, 1.807) is 0 Å². The van der Waals surface area contributed by atoms with Crippen molar-refractivity contribution in [2.75, 3.05) is 6.61 Å². The van der Waals surface area contributed by atoms with Crippen molar-refractivity contribution in [3.8, 4) is 0 Å². The van der Waals surface area contributed by atoms with Gasteiger partial charge in [0.05, 0.1) is 17.3 Å². The Morgan fingerprint density at radius 2 is 2.35 bits per heavy atom. The average molecular weight is 294 g/mol. The molecule has 0 fully saturated rings. The van der Waals surface area contributed by atoms with Crippen molar-refractivity contribution in [1.82, 2.24) is 4.98 Å². The Kier molecular flexibility index (Phi) is 3.22. The smallest absolute Gasteiger partial charge is 0.305 e. The number of aromatic amines is 1. The summed E-state index contributed by atoms with van der Waals surface area (Å²) in [6.07, 6.45) is 1.30. The van der Waals surface area contributed by atoms with Crippen LogP contribution in [0.3, 0.4) is 0 Å². The highest BCUT2D eigenvalue weighted by Crippen LogP contribution is 2.41. The van der Waals surface area contributed by atoms with Gasteiger partial charge in [-0.05, 0) is 24.1 Å². The maximum Gasteiger partial charge on any atom is 0.305 e. The number of benzene rings is 1. The van der Waals surface area contributed by atoms with Gasteiger partial charge in [-0.1, -0.05) is 24.6 Å². The monoisotopic (exact) mass is 293 g/mol. The lowest BCUT2D eigenvalue weighted by molar-refractivity contribution is -0.245. The van der Waals surface area contributed by atoms with Crippen molar-refractivity contribution < 1.29 is 14.3 Å². The normalized spacial score (nSPS) is 21.8. The fourth-order valence-electron chi connectivity index (χ4n) is 2.90. The molecule has 20 heavy (non-hydrogen) atoms. The second kappa shape index (κ2) is 4.79. The molecule has 5 heteroatoms. The maximum atomic E-state index is 11.4. The van der Waals surface area contributed by atoms with Crippen LogP contribution in [0.1, 0.15) is 31.5 Å². The summed E-state index contributed by atoms with van der Waals surface area (Å²) in [4.78, 5) is 14.7.